The first-order chi connectivity index (χ1) is 11.1. The molecule has 1 amide bonds. The van der Waals surface area contributed by atoms with E-state index in [4.69, 9.17) is 0 Å². The van der Waals surface area contributed by atoms with Crippen LogP contribution in [0.3, 0.4) is 0 Å². The molecule has 1 heterocycles. The summed E-state index contributed by atoms with van der Waals surface area (Å²) in [4.78, 5) is 14.2. The van der Waals surface area contributed by atoms with Gasteiger partial charge in [0.25, 0.3) is 0 Å². The number of nitrogens with zero attached hydrogens (tertiary/aromatic N) is 1. The average Bonchev–Trinajstić information content (AvgIpc) is 2.77. The second kappa shape index (κ2) is 6.92. The van der Waals surface area contributed by atoms with Crippen molar-refractivity contribution < 1.29 is 14.3 Å². The summed E-state index contributed by atoms with van der Waals surface area (Å²) in [5.41, 5.74) is 3.01. The highest BCUT2D eigenvalue weighted by Crippen LogP contribution is 2.21. The molecule has 1 aliphatic rings. The minimum atomic E-state index is -0.969. The molecule has 1 atom stereocenters. The second-order valence-corrected chi connectivity index (χ2v) is 5.92. The Morgan fingerprint density at radius 2 is 1.74 bits per heavy atom. The predicted molar refractivity (Wildman–Crippen MR) is 86.4 cm³/mol. The van der Waals surface area contributed by atoms with Crippen LogP contribution in [-0.2, 0) is 17.6 Å². The van der Waals surface area contributed by atoms with Crippen molar-refractivity contribution in [3.8, 4) is 0 Å². The summed E-state index contributed by atoms with van der Waals surface area (Å²) in [6, 6.07) is 14.0. The van der Waals surface area contributed by atoms with Gasteiger partial charge in [-0.3, -0.25) is 4.79 Å². The van der Waals surface area contributed by atoms with Gasteiger partial charge in [-0.25, -0.2) is 4.39 Å². The first-order valence-corrected chi connectivity index (χ1v) is 7.91. The van der Waals surface area contributed by atoms with Gasteiger partial charge >= 0.3 is 0 Å². The highest BCUT2D eigenvalue weighted by atomic mass is 19.1. The van der Waals surface area contributed by atoms with Crippen molar-refractivity contribution in [2.45, 2.75) is 25.4 Å². The van der Waals surface area contributed by atoms with Crippen molar-refractivity contribution >= 4 is 5.91 Å². The molecule has 2 aromatic carbocycles. The number of hydrogen-bond donors (Lipinski definition) is 1. The van der Waals surface area contributed by atoms with Gasteiger partial charge in [-0.05, 0) is 41.7 Å². The van der Waals surface area contributed by atoms with E-state index in [1.807, 2.05) is 12.1 Å². The van der Waals surface area contributed by atoms with Gasteiger partial charge < -0.3 is 10.0 Å². The summed E-state index contributed by atoms with van der Waals surface area (Å²) in [5, 5.41) is 10.2. The fourth-order valence-corrected chi connectivity index (χ4v) is 3.04. The van der Waals surface area contributed by atoms with Crippen LogP contribution in [0.5, 0.6) is 0 Å². The van der Waals surface area contributed by atoms with Gasteiger partial charge in [0.1, 0.15) is 5.82 Å². The fraction of sp³-hybridized carbons (Fsp3) is 0.316. The molecule has 1 aliphatic heterocycles. The quantitative estimate of drug-likeness (QED) is 0.946. The number of halogens is 1. The Bertz CT molecular complexity index is 674. The lowest BCUT2D eigenvalue weighted by atomic mass is 10.0. The number of aliphatic hydroxyl groups is 1. The van der Waals surface area contributed by atoms with Gasteiger partial charge in [0.2, 0.25) is 5.91 Å². The zero-order chi connectivity index (χ0) is 16.2. The highest BCUT2D eigenvalue weighted by Gasteiger charge is 2.21. The maximum atomic E-state index is 13.2. The zero-order valence-corrected chi connectivity index (χ0v) is 12.9. The largest absolute Gasteiger partial charge is 0.388 e. The Labute approximate surface area is 135 Å². The number of fused-ring (bicyclic) bond motifs is 1. The molecular formula is C19H20FNO2. The molecule has 0 radical (unpaired) electrons. The first-order valence-electron chi connectivity index (χ1n) is 7.91. The van der Waals surface area contributed by atoms with Crippen LogP contribution in [0.25, 0.3) is 0 Å². The van der Waals surface area contributed by atoms with Crippen LogP contribution >= 0.6 is 0 Å². The van der Waals surface area contributed by atoms with E-state index < -0.39 is 11.9 Å². The summed E-state index contributed by atoms with van der Waals surface area (Å²) in [6.45, 7) is 1.32. The van der Waals surface area contributed by atoms with Crippen LogP contribution < -0.4 is 0 Å². The van der Waals surface area contributed by atoms with E-state index >= 15 is 0 Å². The van der Waals surface area contributed by atoms with E-state index in [2.05, 4.69) is 12.1 Å². The van der Waals surface area contributed by atoms with Gasteiger partial charge in [-0.1, -0.05) is 36.4 Å². The molecule has 120 valence electrons. The molecular weight excluding hydrogens is 293 g/mol. The molecule has 0 fully saturated rings. The van der Waals surface area contributed by atoms with E-state index in [0.717, 1.165) is 12.8 Å². The summed E-state index contributed by atoms with van der Waals surface area (Å²) in [6.07, 6.45) is 0.680. The second-order valence-electron chi connectivity index (χ2n) is 5.92. The zero-order valence-electron chi connectivity index (χ0n) is 12.9. The number of hydrogen-bond acceptors (Lipinski definition) is 2. The Morgan fingerprint density at radius 1 is 1.09 bits per heavy atom. The monoisotopic (exact) mass is 313 g/mol. The van der Waals surface area contributed by atoms with Crippen molar-refractivity contribution in [3.63, 3.8) is 0 Å². The third-order valence-electron chi connectivity index (χ3n) is 4.37. The molecule has 4 heteroatoms. The minimum absolute atomic E-state index is 0.0141. The molecule has 0 saturated heterocycles. The minimum Gasteiger partial charge on any atom is -0.388 e. The van der Waals surface area contributed by atoms with Crippen molar-refractivity contribution in [3.05, 3.63) is 71.0 Å². The number of benzene rings is 2. The van der Waals surface area contributed by atoms with Crippen LogP contribution in [0.2, 0.25) is 0 Å². The van der Waals surface area contributed by atoms with Crippen molar-refractivity contribution in [2.75, 3.05) is 13.1 Å². The Hall–Kier alpha value is -2.20. The summed E-state index contributed by atoms with van der Waals surface area (Å²) in [7, 11) is 0. The predicted octanol–water partition coefficient (Wildman–Crippen LogP) is 2.88. The number of aliphatic hydroxyl groups excluding tert-OH is 1. The standard InChI is InChI=1S/C19H20FNO2/c20-17-7-3-6-16(12-17)18(22)13-19(23)21-10-8-14-4-1-2-5-15(14)9-11-21/h1-7,12,18,22H,8-11,13H2. The third-order valence-corrected chi connectivity index (χ3v) is 4.37. The number of carbonyl (C=O) groups excluding carboxylic acids is 1. The van der Waals surface area contributed by atoms with E-state index in [9.17, 15) is 14.3 Å². The van der Waals surface area contributed by atoms with Crippen LogP contribution in [0, 0.1) is 5.82 Å². The van der Waals surface area contributed by atoms with Crippen LogP contribution in [0.1, 0.15) is 29.2 Å². The molecule has 0 spiro atoms. The molecule has 0 bridgehead atoms. The van der Waals surface area contributed by atoms with Crippen LogP contribution in [-0.4, -0.2) is 29.0 Å². The lowest BCUT2D eigenvalue weighted by Gasteiger charge is -2.22. The molecule has 1 unspecified atom stereocenters. The summed E-state index contributed by atoms with van der Waals surface area (Å²) in [5.74, 6) is -0.492. The smallest absolute Gasteiger partial charge is 0.225 e. The lowest BCUT2D eigenvalue weighted by Crippen LogP contribution is -2.34. The van der Waals surface area contributed by atoms with E-state index in [-0.39, 0.29) is 12.3 Å². The Kier molecular flexibility index (Phi) is 4.72. The lowest BCUT2D eigenvalue weighted by molar-refractivity contribution is -0.133. The molecule has 0 saturated carbocycles. The van der Waals surface area contributed by atoms with Crippen molar-refractivity contribution in [1.82, 2.24) is 4.90 Å². The molecule has 3 rings (SSSR count). The Balaban J connectivity index is 1.63. The maximum absolute atomic E-state index is 13.2. The normalized spacial score (nSPS) is 15.7. The van der Waals surface area contributed by atoms with Gasteiger partial charge in [-0.2, -0.15) is 0 Å². The first kappa shape index (κ1) is 15.7. The number of rotatable bonds is 3. The molecule has 3 nitrogen and oxygen atoms in total. The number of amides is 1. The van der Waals surface area contributed by atoms with E-state index in [1.54, 1.807) is 17.0 Å². The molecule has 0 aliphatic carbocycles. The van der Waals surface area contributed by atoms with Crippen molar-refractivity contribution in [2.24, 2.45) is 0 Å². The SMILES string of the molecule is O=C(CC(O)c1cccc(F)c1)N1CCc2ccccc2CC1. The van der Waals surface area contributed by atoms with Crippen molar-refractivity contribution in [1.29, 1.82) is 0 Å². The number of carbonyl (C=O) groups is 1. The maximum Gasteiger partial charge on any atom is 0.225 e. The van der Waals surface area contributed by atoms with Crippen LogP contribution in [0.15, 0.2) is 48.5 Å². The molecule has 1 N–H and O–H groups in total. The fourth-order valence-electron chi connectivity index (χ4n) is 3.04. The van der Waals surface area contributed by atoms with Crippen LogP contribution in [0.4, 0.5) is 4.39 Å². The average molecular weight is 313 g/mol. The van der Waals surface area contributed by atoms with E-state index in [0.29, 0.717) is 18.7 Å². The van der Waals surface area contributed by atoms with Gasteiger partial charge in [0.05, 0.1) is 12.5 Å². The van der Waals surface area contributed by atoms with Gasteiger partial charge in [0, 0.05) is 13.1 Å². The Morgan fingerprint density at radius 3 is 2.35 bits per heavy atom. The molecule has 23 heavy (non-hydrogen) atoms. The molecule has 0 aromatic heterocycles. The third kappa shape index (κ3) is 3.77. The topological polar surface area (TPSA) is 40.5 Å². The van der Waals surface area contributed by atoms with E-state index in [1.165, 1.54) is 23.3 Å². The van der Waals surface area contributed by atoms with Gasteiger partial charge in [0.15, 0.2) is 0 Å². The highest BCUT2D eigenvalue weighted by molar-refractivity contribution is 5.77. The van der Waals surface area contributed by atoms with Gasteiger partial charge in [-0.15, -0.1) is 0 Å². The summed E-state index contributed by atoms with van der Waals surface area (Å²) >= 11 is 0. The summed E-state index contributed by atoms with van der Waals surface area (Å²) < 4.78 is 13.2. The molecule has 2 aromatic rings.